The Balaban J connectivity index is 0.000000980. The average Bonchev–Trinajstić information content (AvgIpc) is 2.53. The van der Waals surface area contributed by atoms with Gasteiger partial charge in [-0.05, 0) is 42.6 Å². The van der Waals surface area contributed by atoms with Crippen LogP contribution in [0.5, 0.6) is 5.75 Å². The summed E-state index contributed by atoms with van der Waals surface area (Å²) in [6.07, 6.45) is 1.16. The fourth-order valence-corrected chi connectivity index (χ4v) is 2.27. The van der Waals surface area contributed by atoms with Gasteiger partial charge in [0.15, 0.2) is 0 Å². The van der Waals surface area contributed by atoms with E-state index in [1.165, 1.54) is 5.56 Å². The van der Waals surface area contributed by atoms with Crippen LogP contribution in [0.4, 0.5) is 0 Å². The van der Waals surface area contributed by atoms with Crippen LogP contribution in [0, 0.1) is 0 Å². The van der Waals surface area contributed by atoms with Gasteiger partial charge in [-0.15, -0.1) is 12.4 Å². The Labute approximate surface area is 98.3 Å². The van der Waals surface area contributed by atoms with Crippen LogP contribution < -0.4 is 5.32 Å². The second-order valence-electron chi connectivity index (χ2n) is 3.43. The molecule has 0 bridgehead atoms. The maximum atomic E-state index is 9.40. The molecule has 0 aromatic heterocycles. The van der Waals surface area contributed by atoms with Crippen LogP contribution in [0.15, 0.2) is 22.7 Å². The van der Waals surface area contributed by atoms with Crippen molar-refractivity contribution in [2.24, 2.45) is 0 Å². The van der Waals surface area contributed by atoms with E-state index in [0.717, 1.165) is 24.0 Å². The summed E-state index contributed by atoms with van der Waals surface area (Å²) < 4.78 is 0.953. The Morgan fingerprint density at radius 3 is 2.71 bits per heavy atom. The third-order valence-electron chi connectivity index (χ3n) is 2.44. The predicted molar refractivity (Wildman–Crippen MR) is 63.3 cm³/mol. The molecule has 0 amide bonds. The van der Waals surface area contributed by atoms with Crippen molar-refractivity contribution in [1.82, 2.24) is 5.32 Å². The lowest BCUT2D eigenvalue weighted by atomic mass is 9.98. The van der Waals surface area contributed by atoms with Gasteiger partial charge < -0.3 is 10.4 Å². The molecule has 1 aromatic rings. The molecule has 1 aliphatic heterocycles. The Morgan fingerprint density at radius 1 is 1.36 bits per heavy atom. The van der Waals surface area contributed by atoms with Gasteiger partial charge in [-0.25, -0.2) is 0 Å². The summed E-state index contributed by atoms with van der Waals surface area (Å²) in [4.78, 5) is 0. The number of nitrogens with one attached hydrogen (secondary N) is 1. The topological polar surface area (TPSA) is 32.3 Å². The average molecular weight is 279 g/mol. The molecule has 14 heavy (non-hydrogen) atoms. The molecule has 1 saturated heterocycles. The number of halogens is 2. The maximum Gasteiger partial charge on any atom is 0.116 e. The van der Waals surface area contributed by atoms with E-state index in [-0.39, 0.29) is 12.4 Å². The molecule has 2 nitrogen and oxygen atoms in total. The lowest BCUT2D eigenvalue weighted by Crippen LogP contribution is -2.07. The van der Waals surface area contributed by atoms with E-state index in [2.05, 4.69) is 27.3 Å². The number of rotatable bonds is 1. The fraction of sp³-hybridized carbons (Fsp3) is 0.400. The van der Waals surface area contributed by atoms with Crippen LogP contribution >= 0.6 is 28.3 Å². The number of hydrogen-bond donors (Lipinski definition) is 2. The second-order valence-corrected chi connectivity index (χ2v) is 4.35. The largest absolute Gasteiger partial charge is 0.508 e. The Bertz CT molecular complexity index is 293. The molecule has 0 radical (unpaired) electrons. The summed E-state index contributed by atoms with van der Waals surface area (Å²) in [6, 6.07) is 5.64. The van der Waals surface area contributed by atoms with Gasteiger partial charge in [0.05, 0.1) is 0 Å². The van der Waals surface area contributed by atoms with Crippen LogP contribution in [-0.2, 0) is 0 Å². The van der Waals surface area contributed by atoms with Crippen molar-refractivity contribution >= 4 is 28.3 Å². The highest BCUT2D eigenvalue weighted by Gasteiger charge is 2.17. The fourth-order valence-electron chi connectivity index (χ4n) is 1.77. The standard InChI is InChI=1S/C10H12BrNO.ClH/c11-9-3-8(4-10(13)5-9)7-1-2-12-6-7;/h3-5,7,12-13H,1-2,6H2;1H. The molecular formula is C10H13BrClNO. The molecule has 2 rings (SSSR count). The van der Waals surface area contributed by atoms with E-state index in [4.69, 9.17) is 0 Å². The molecule has 4 heteroatoms. The van der Waals surface area contributed by atoms with Gasteiger partial charge in [0, 0.05) is 11.0 Å². The monoisotopic (exact) mass is 277 g/mol. The SMILES string of the molecule is Cl.Oc1cc(Br)cc(C2CCNC2)c1. The molecule has 1 aliphatic rings. The van der Waals surface area contributed by atoms with Crippen molar-refractivity contribution < 1.29 is 5.11 Å². The van der Waals surface area contributed by atoms with Crippen LogP contribution in [0.1, 0.15) is 17.9 Å². The van der Waals surface area contributed by atoms with Gasteiger partial charge in [-0.3, -0.25) is 0 Å². The minimum atomic E-state index is 0. The van der Waals surface area contributed by atoms with Gasteiger partial charge in [-0.1, -0.05) is 15.9 Å². The molecule has 1 heterocycles. The number of benzene rings is 1. The number of phenolic OH excluding ortho intramolecular Hbond substituents is 1. The lowest BCUT2D eigenvalue weighted by Gasteiger charge is -2.09. The van der Waals surface area contributed by atoms with Gasteiger partial charge in [0.1, 0.15) is 5.75 Å². The van der Waals surface area contributed by atoms with Crippen LogP contribution in [0.3, 0.4) is 0 Å². The first-order valence-electron chi connectivity index (χ1n) is 4.46. The first-order valence-corrected chi connectivity index (χ1v) is 5.25. The van der Waals surface area contributed by atoms with E-state index < -0.39 is 0 Å². The van der Waals surface area contributed by atoms with E-state index in [1.54, 1.807) is 6.07 Å². The molecule has 0 spiro atoms. The summed E-state index contributed by atoms with van der Waals surface area (Å²) in [7, 11) is 0. The molecule has 1 atom stereocenters. The zero-order chi connectivity index (χ0) is 9.26. The van der Waals surface area contributed by atoms with Crippen molar-refractivity contribution in [3.8, 4) is 5.75 Å². The number of aromatic hydroxyl groups is 1. The summed E-state index contributed by atoms with van der Waals surface area (Å²) in [5.74, 6) is 0.902. The smallest absolute Gasteiger partial charge is 0.116 e. The van der Waals surface area contributed by atoms with Crippen molar-refractivity contribution in [3.05, 3.63) is 28.2 Å². The van der Waals surface area contributed by atoms with Gasteiger partial charge >= 0.3 is 0 Å². The van der Waals surface area contributed by atoms with Crippen LogP contribution in [0.25, 0.3) is 0 Å². The van der Waals surface area contributed by atoms with Crippen LogP contribution in [-0.4, -0.2) is 18.2 Å². The molecule has 2 N–H and O–H groups in total. The highest BCUT2D eigenvalue weighted by molar-refractivity contribution is 9.10. The zero-order valence-corrected chi connectivity index (χ0v) is 10.1. The molecule has 1 fully saturated rings. The maximum absolute atomic E-state index is 9.40. The molecule has 0 aliphatic carbocycles. The van der Waals surface area contributed by atoms with Crippen LogP contribution in [0.2, 0.25) is 0 Å². The minimum absolute atomic E-state index is 0. The second kappa shape index (κ2) is 5.01. The normalized spacial score (nSPS) is 20.5. The highest BCUT2D eigenvalue weighted by Crippen LogP contribution is 2.28. The van der Waals surface area contributed by atoms with E-state index in [0.29, 0.717) is 11.7 Å². The molecule has 0 saturated carbocycles. The lowest BCUT2D eigenvalue weighted by molar-refractivity contribution is 0.473. The van der Waals surface area contributed by atoms with E-state index >= 15 is 0 Å². The Morgan fingerprint density at radius 2 is 2.14 bits per heavy atom. The van der Waals surface area contributed by atoms with Crippen molar-refractivity contribution in [1.29, 1.82) is 0 Å². The third-order valence-corrected chi connectivity index (χ3v) is 2.89. The highest BCUT2D eigenvalue weighted by atomic mass is 79.9. The van der Waals surface area contributed by atoms with Crippen molar-refractivity contribution in [2.45, 2.75) is 12.3 Å². The quantitative estimate of drug-likeness (QED) is 0.828. The van der Waals surface area contributed by atoms with Gasteiger partial charge in [-0.2, -0.15) is 0 Å². The summed E-state index contributed by atoms with van der Waals surface area (Å²) in [6.45, 7) is 2.10. The minimum Gasteiger partial charge on any atom is -0.508 e. The Kier molecular flexibility index (Phi) is 4.23. The van der Waals surface area contributed by atoms with Gasteiger partial charge in [0.2, 0.25) is 0 Å². The molecule has 1 unspecified atom stereocenters. The van der Waals surface area contributed by atoms with Gasteiger partial charge in [0.25, 0.3) is 0 Å². The zero-order valence-electron chi connectivity index (χ0n) is 7.66. The summed E-state index contributed by atoms with van der Waals surface area (Å²) in [5.41, 5.74) is 1.22. The number of hydrogen-bond acceptors (Lipinski definition) is 2. The Hall–Kier alpha value is -0.250. The summed E-state index contributed by atoms with van der Waals surface area (Å²) >= 11 is 3.38. The first-order chi connectivity index (χ1) is 6.25. The predicted octanol–water partition coefficient (Wildman–Crippen LogP) is 2.65. The molecule has 1 aromatic carbocycles. The number of phenols is 1. The van der Waals surface area contributed by atoms with Crippen molar-refractivity contribution in [3.63, 3.8) is 0 Å². The summed E-state index contributed by atoms with van der Waals surface area (Å²) in [5, 5.41) is 12.7. The van der Waals surface area contributed by atoms with E-state index in [9.17, 15) is 5.11 Å². The molecular weight excluding hydrogens is 265 g/mol. The molecule has 78 valence electrons. The third kappa shape index (κ3) is 2.62. The first kappa shape index (κ1) is 11.8. The van der Waals surface area contributed by atoms with E-state index in [1.807, 2.05) is 6.07 Å². The van der Waals surface area contributed by atoms with Crippen molar-refractivity contribution in [2.75, 3.05) is 13.1 Å².